The second-order valence-corrected chi connectivity index (χ2v) is 5.55. The van der Waals surface area contributed by atoms with E-state index >= 15 is 0 Å². The van der Waals surface area contributed by atoms with E-state index in [0.29, 0.717) is 18.2 Å². The summed E-state index contributed by atoms with van der Waals surface area (Å²) in [4.78, 5) is 10.3. The summed E-state index contributed by atoms with van der Waals surface area (Å²) in [5.74, 6) is 0.276. The Morgan fingerprint density at radius 1 is 1.26 bits per heavy atom. The molecule has 0 amide bonds. The zero-order valence-corrected chi connectivity index (χ0v) is 12.5. The first-order valence-electron chi connectivity index (χ1n) is 7.34. The van der Waals surface area contributed by atoms with Gasteiger partial charge < -0.3 is 21.7 Å². The van der Waals surface area contributed by atoms with Gasteiger partial charge in [-0.05, 0) is 24.6 Å². The van der Waals surface area contributed by atoms with Crippen molar-refractivity contribution in [3.8, 4) is 0 Å². The van der Waals surface area contributed by atoms with E-state index in [0.717, 1.165) is 31.2 Å². The number of hydrogen-bond donors (Lipinski definition) is 3. The Kier molecular flexibility index (Phi) is 4.24. The molecule has 0 unspecified atom stereocenters. The zero-order chi connectivity index (χ0) is 16.4. The Morgan fingerprint density at radius 3 is 2.83 bits per heavy atom. The standard InChI is InChI=1S/C15H18F2N6/c16-10-1-2-12(17)9(5-10)7-20-13-6-14(22-15(19)21-13)23-4-3-11(18)8-23/h1-2,5-6,11H,3-4,7-8,18H2,(H3,19,20,21,22)/t11-/m1/s1. The molecule has 1 aliphatic rings. The number of nitrogens with one attached hydrogen (secondary N) is 1. The van der Waals surface area contributed by atoms with Gasteiger partial charge in [0, 0.05) is 37.3 Å². The van der Waals surface area contributed by atoms with Crippen molar-refractivity contribution in [1.29, 1.82) is 0 Å². The summed E-state index contributed by atoms with van der Waals surface area (Å²) < 4.78 is 26.8. The number of rotatable bonds is 4. The van der Waals surface area contributed by atoms with Gasteiger partial charge in [-0.3, -0.25) is 0 Å². The Labute approximate surface area is 132 Å². The summed E-state index contributed by atoms with van der Waals surface area (Å²) in [7, 11) is 0. The number of nitrogens with zero attached hydrogens (tertiary/aromatic N) is 3. The second-order valence-electron chi connectivity index (χ2n) is 5.55. The van der Waals surface area contributed by atoms with Crippen LogP contribution >= 0.6 is 0 Å². The van der Waals surface area contributed by atoms with Gasteiger partial charge in [0.15, 0.2) is 0 Å². The van der Waals surface area contributed by atoms with E-state index in [1.807, 2.05) is 4.90 Å². The maximum Gasteiger partial charge on any atom is 0.223 e. The van der Waals surface area contributed by atoms with E-state index in [4.69, 9.17) is 11.5 Å². The van der Waals surface area contributed by atoms with E-state index in [-0.39, 0.29) is 24.1 Å². The first-order valence-corrected chi connectivity index (χ1v) is 7.34. The van der Waals surface area contributed by atoms with Crippen molar-refractivity contribution in [3.05, 3.63) is 41.5 Å². The number of halogens is 2. The largest absolute Gasteiger partial charge is 0.368 e. The van der Waals surface area contributed by atoms with Crippen LogP contribution < -0.4 is 21.7 Å². The van der Waals surface area contributed by atoms with Crippen LogP contribution in [0.5, 0.6) is 0 Å². The van der Waals surface area contributed by atoms with Crippen LogP contribution in [-0.2, 0) is 6.54 Å². The van der Waals surface area contributed by atoms with E-state index in [1.165, 1.54) is 0 Å². The molecule has 1 saturated heterocycles. The van der Waals surface area contributed by atoms with Crippen LogP contribution in [0, 0.1) is 11.6 Å². The molecule has 1 aromatic carbocycles. The predicted octanol–water partition coefficient (Wildman–Crippen LogP) is 1.49. The highest BCUT2D eigenvalue weighted by atomic mass is 19.1. The van der Waals surface area contributed by atoms with Crippen LogP contribution in [0.15, 0.2) is 24.3 Å². The summed E-state index contributed by atoms with van der Waals surface area (Å²) >= 11 is 0. The third-order valence-electron chi connectivity index (χ3n) is 3.75. The SMILES string of the molecule is Nc1nc(NCc2cc(F)ccc2F)cc(N2CC[C@@H](N)C2)n1. The van der Waals surface area contributed by atoms with Crippen LogP contribution in [-0.4, -0.2) is 29.1 Å². The normalized spacial score (nSPS) is 17.5. The van der Waals surface area contributed by atoms with Gasteiger partial charge in [0.2, 0.25) is 5.95 Å². The minimum absolute atomic E-state index is 0.0962. The molecule has 0 spiro atoms. The number of benzene rings is 1. The van der Waals surface area contributed by atoms with E-state index in [2.05, 4.69) is 15.3 Å². The molecular formula is C15H18F2N6. The van der Waals surface area contributed by atoms with Crippen LogP contribution in [0.25, 0.3) is 0 Å². The third-order valence-corrected chi connectivity index (χ3v) is 3.75. The zero-order valence-electron chi connectivity index (χ0n) is 12.5. The van der Waals surface area contributed by atoms with Gasteiger partial charge in [0.05, 0.1) is 0 Å². The van der Waals surface area contributed by atoms with E-state index < -0.39 is 11.6 Å². The van der Waals surface area contributed by atoms with Gasteiger partial charge in [0.1, 0.15) is 23.3 Å². The van der Waals surface area contributed by atoms with Crippen molar-refractivity contribution < 1.29 is 8.78 Å². The minimum atomic E-state index is -0.489. The highest BCUT2D eigenvalue weighted by Crippen LogP contribution is 2.21. The number of anilines is 3. The third kappa shape index (κ3) is 3.65. The van der Waals surface area contributed by atoms with Gasteiger partial charge in [-0.2, -0.15) is 9.97 Å². The lowest BCUT2D eigenvalue weighted by atomic mass is 10.2. The lowest BCUT2D eigenvalue weighted by Gasteiger charge is -2.18. The van der Waals surface area contributed by atoms with Crippen LogP contribution in [0.4, 0.5) is 26.4 Å². The molecule has 1 aromatic heterocycles. The van der Waals surface area contributed by atoms with Gasteiger partial charge in [-0.25, -0.2) is 8.78 Å². The Balaban J connectivity index is 1.75. The summed E-state index contributed by atoms with van der Waals surface area (Å²) in [5, 5.41) is 2.95. The summed E-state index contributed by atoms with van der Waals surface area (Å²) in [6.45, 7) is 1.60. The monoisotopic (exact) mass is 320 g/mol. The molecule has 122 valence electrons. The molecule has 0 bridgehead atoms. The van der Waals surface area contributed by atoms with Gasteiger partial charge in [0.25, 0.3) is 0 Å². The Hall–Kier alpha value is -2.48. The van der Waals surface area contributed by atoms with Crippen molar-refractivity contribution in [2.75, 3.05) is 29.0 Å². The van der Waals surface area contributed by atoms with Crippen molar-refractivity contribution in [2.45, 2.75) is 19.0 Å². The summed E-state index contributed by atoms with van der Waals surface area (Å²) in [6, 6.07) is 5.16. The molecule has 1 aliphatic heterocycles. The highest BCUT2D eigenvalue weighted by molar-refractivity contribution is 5.53. The first kappa shape index (κ1) is 15.4. The highest BCUT2D eigenvalue weighted by Gasteiger charge is 2.21. The smallest absolute Gasteiger partial charge is 0.223 e. The minimum Gasteiger partial charge on any atom is -0.368 e. The molecule has 0 aliphatic carbocycles. The van der Waals surface area contributed by atoms with Crippen LogP contribution in [0.3, 0.4) is 0 Å². The lowest BCUT2D eigenvalue weighted by Crippen LogP contribution is -2.27. The molecule has 6 nitrogen and oxygen atoms in total. The fourth-order valence-electron chi connectivity index (χ4n) is 2.57. The average molecular weight is 320 g/mol. The first-order chi connectivity index (χ1) is 11.0. The fourth-order valence-corrected chi connectivity index (χ4v) is 2.57. The summed E-state index contributed by atoms with van der Waals surface area (Å²) in [5.41, 5.74) is 11.8. The van der Waals surface area contributed by atoms with Crippen molar-refractivity contribution in [1.82, 2.24) is 9.97 Å². The predicted molar refractivity (Wildman–Crippen MR) is 84.9 cm³/mol. The molecule has 23 heavy (non-hydrogen) atoms. The maximum absolute atomic E-state index is 13.6. The van der Waals surface area contributed by atoms with Gasteiger partial charge in [-0.15, -0.1) is 0 Å². The quantitative estimate of drug-likeness (QED) is 0.790. The number of nitrogens with two attached hydrogens (primary N) is 2. The van der Waals surface area contributed by atoms with Crippen LogP contribution in [0.2, 0.25) is 0 Å². The van der Waals surface area contributed by atoms with Crippen molar-refractivity contribution >= 4 is 17.6 Å². The molecule has 0 radical (unpaired) electrons. The number of aromatic nitrogens is 2. The van der Waals surface area contributed by atoms with Crippen molar-refractivity contribution in [2.24, 2.45) is 5.73 Å². The molecule has 1 fully saturated rings. The molecule has 0 saturated carbocycles. The van der Waals surface area contributed by atoms with Crippen LogP contribution in [0.1, 0.15) is 12.0 Å². The van der Waals surface area contributed by atoms with E-state index in [1.54, 1.807) is 6.07 Å². The number of hydrogen-bond acceptors (Lipinski definition) is 6. The maximum atomic E-state index is 13.6. The number of nitrogen functional groups attached to an aromatic ring is 1. The Bertz CT molecular complexity index is 708. The molecule has 2 aromatic rings. The van der Waals surface area contributed by atoms with E-state index in [9.17, 15) is 8.78 Å². The Morgan fingerprint density at radius 2 is 2.09 bits per heavy atom. The van der Waals surface area contributed by atoms with Gasteiger partial charge in [-0.1, -0.05) is 0 Å². The fraction of sp³-hybridized carbons (Fsp3) is 0.333. The molecule has 3 rings (SSSR count). The van der Waals surface area contributed by atoms with Gasteiger partial charge >= 0.3 is 0 Å². The molecule has 2 heterocycles. The molecule has 8 heteroatoms. The summed E-state index contributed by atoms with van der Waals surface area (Å²) in [6.07, 6.45) is 0.890. The molecular weight excluding hydrogens is 302 g/mol. The van der Waals surface area contributed by atoms with Crippen molar-refractivity contribution in [3.63, 3.8) is 0 Å². The molecule has 1 atom stereocenters. The topological polar surface area (TPSA) is 93.1 Å². The molecule has 5 N–H and O–H groups in total. The lowest BCUT2D eigenvalue weighted by molar-refractivity contribution is 0.587. The second kappa shape index (κ2) is 6.33. The average Bonchev–Trinajstić information content (AvgIpc) is 2.94.